The van der Waals surface area contributed by atoms with Gasteiger partial charge in [-0.15, -0.1) is 0 Å². The number of rotatable bonds is 7. The number of fused-ring (bicyclic) bond motifs is 1. The molecule has 170 valence electrons. The van der Waals surface area contributed by atoms with Crippen LogP contribution in [0.4, 0.5) is 0 Å². The van der Waals surface area contributed by atoms with E-state index in [4.69, 9.17) is 14.9 Å². The van der Waals surface area contributed by atoms with E-state index in [0.29, 0.717) is 28.3 Å². The van der Waals surface area contributed by atoms with E-state index >= 15 is 0 Å². The van der Waals surface area contributed by atoms with Gasteiger partial charge in [-0.05, 0) is 73.7 Å². The molecule has 1 heterocycles. The summed E-state index contributed by atoms with van der Waals surface area (Å²) in [5, 5.41) is 13.5. The molecule has 7 heteroatoms. The number of benzene rings is 2. The minimum atomic E-state index is -0.556. The maximum atomic E-state index is 13.2. The zero-order valence-electron chi connectivity index (χ0n) is 19.0. The number of allylic oxidation sites excluding steroid dienone is 4. The second-order valence-corrected chi connectivity index (χ2v) is 8.33. The summed E-state index contributed by atoms with van der Waals surface area (Å²) in [5.74, 6) is 1.13. The molecule has 2 aromatic rings. The molecule has 2 aromatic carbocycles. The average molecular weight is 446 g/mol. The Labute approximate surface area is 193 Å². The first-order chi connectivity index (χ1) is 15.9. The Hall–Kier alpha value is -3.87. The molecule has 0 spiro atoms. The lowest BCUT2D eigenvalue weighted by Gasteiger charge is -2.17. The quantitative estimate of drug-likeness (QED) is 0.444. The number of amides is 2. The molecule has 0 bridgehead atoms. The van der Waals surface area contributed by atoms with Crippen LogP contribution in [0.25, 0.3) is 5.57 Å². The Morgan fingerprint density at radius 3 is 2.45 bits per heavy atom. The third-order valence-electron chi connectivity index (χ3n) is 6.09. The molecule has 7 nitrogen and oxygen atoms in total. The van der Waals surface area contributed by atoms with E-state index in [1.807, 2.05) is 44.2 Å². The van der Waals surface area contributed by atoms with Crippen LogP contribution in [0.1, 0.15) is 48.2 Å². The first-order valence-corrected chi connectivity index (χ1v) is 10.8. The Kier molecular flexibility index (Phi) is 6.05. The number of ether oxygens (including phenoxy) is 2. The molecule has 0 unspecified atom stereocenters. The number of nitrogens with one attached hydrogen (secondary N) is 3. The van der Waals surface area contributed by atoms with Crippen LogP contribution in [0.15, 0.2) is 59.8 Å². The van der Waals surface area contributed by atoms with Crippen molar-refractivity contribution in [2.45, 2.75) is 32.1 Å². The number of carbonyl (C=O) groups excluding carboxylic acids is 2. The summed E-state index contributed by atoms with van der Waals surface area (Å²) in [7, 11) is 1.58. The smallest absolute Gasteiger partial charge is 0.251 e. The van der Waals surface area contributed by atoms with Gasteiger partial charge in [0.25, 0.3) is 5.91 Å². The van der Waals surface area contributed by atoms with Crippen molar-refractivity contribution in [1.82, 2.24) is 10.6 Å². The molecule has 0 saturated heterocycles. The molecular weight excluding hydrogens is 418 g/mol. The van der Waals surface area contributed by atoms with Gasteiger partial charge in [-0.1, -0.05) is 18.2 Å². The van der Waals surface area contributed by atoms with Crippen LogP contribution < -0.4 is 20.1 Å². The van der Waals surface area contributed by atoms with Crippen molar-refractivity contribution >= 4 is 23.6 Å². The first kappa shape index (κ1) is 22.3. The van der Waals surface area contributed by atoms with Crippen LogP contribution in [0, 0.1) is 5.41 Å². The monoisotopic (exact) mass is 445 g/mol. The van der Waals surface area contributed by atoms with Gasteiger partial charge in [0, 0.05) is 30.1 Å². The SMILES string of the molecule is CNC(=O)c1cccc(/C(C=N)=C(C)/C=C(\C)NC(=O)C2(c3ccc4c(c3)OCO4)CC2)c1. The predicted octanol–water partition coefficient (Wildman–Crippen LogP) is 3.95. The summed E-state index contributed by atoms with van der Waals surface area (Å²) >= 11 is 0. The highest BCUT2D eigenvalue weighted by Crippen LogP contribution is 2.50. The van der Waals surface area contributed by atoms with Gasteiger partial charge in [0.1, 0.15) is 0 Å². The number of hydrogen-bond acceptors (Lipinski definition) is 5. The summed E-state index contributed by atoms with van der Waals surface area (Å²) < 4.78 is 10.8. The van der Waals surface area contributed by atoms with Crippen LogP contribution in [0.3, 0.4) is 0 Å². The van der Waals surface area contributed by atoms with Crippen molar-refractivity contribution in [3.8, 4) is 11.5 Å². The van der Waals surface area contributed by atoms with E-state index in [-0.39, 0.29) is 18.6 Å². The maximum absolute atomic E-state index is 13.2. The van der Waals surface area contributed by atoms with E-state index in [0.717, 1.165) is 29.5 Å². The van der Waals surface area contributed by atoms with Crippen molar-refractivity contribution in [2.24, 2.45) is 0 Å². The van der Waals surface area contributed by atoms with Gasteiger partial charge in [-0.3, -0.25) is 9.59 Å². The Bertz CT molecular complexity index is 1190. The van der Waals surface area contributed by atoms with E-state index < -0.39 is 5.41 Å². The standard InChI is InChI=1S/C26H27N3O4/c1-16(21(14-27)18-5-4-6-19(12-18)24(30)28-3)11-17(2)29-25(31)26(9-10-26)20-7-8-22-23(13-20)33-15-32-22/h4-8,11-14,27H,9-10,15H2,1-3H3,(H,28,30)(H,29,31)/b17-11+,21-16+,27-14?. The molecule has 2 amide bonds. The van der Waals surface area contributed by atoms with E-state index in [2.05, 4.69) is 10.6 Å². The molecular formula is C26H27N3O4. The third-order valence-corrected chi connectivity index (χ3v) is 6.09. The van der Waals surface area contributed by atoms with Crippen LogP contribution in [0.2, 0.25) is 0 Å². The minimum absolute atomic E-state index is 0.0547. The summed E-state index contributed by atoms with van der Waals surface area (Å²) in [5.41, 5.74) is 3.83. The van der Waals surface area contributed by atoms with E-state index in [1.165, 1.54) is 6.21 Å². The van der Waals surface area contributed by atoms with Gasteiger partial charge in [0.05, 0.1) is 5.41 Å². The molecule has 1 saturated carbocycles. The molecule has 33 heavy (non-hydrogen) atoms. The summed E-state index contributed by atoms with van der Waals surface area (Å²) in [6, 6.07) is 12.8. The van der Waals surface area contributed by atoms with E-state index in [1.54, 1.807) is 25.2 Å². The highest BCUT2D eigenvalue weighted by Gasteiger charge is 2.51. The Morgan fingerprint density at radius 2 is 1.76 bits per heavy atom. The van der Waals surface area contributed by atoms with Gasteiger partial charge in [0.2, 0.25) is 12.7 Å². The van der Waals surface area contributed by atoms with Gasteiger partial charge in [0.15, 0.2) is 11.5 Å². The average Bonchev–Trinajstić information content (AvgIpc) is 3.50. The third kappa shape index (κ3) is 4.39. The highest BCUT2D eigenvalue weighted by atomic mass is 16.7. The Morgan fingerprint density at radius 1 is 1.03 bits per heavy atom. The number of hydrogen-bond donors (Lipinski definition) is 3. The molecule has 4 rings (SSSR count). The normalized spacial score (nSPS) is 16.5. The number of carbonyl (C=O) groups is 2. The topological polar surface area (TPSA) is 101 Å². The molecule has 1 aliphatic carbocycles. The van der Waals surface area contributed by atoms with Gasteiger partial charge in [-0.25, -0.2) is 0 Å². The van der Waals surface area contributed by atoms with Crippen LogP contribution in [-0.2, 0) is 10.2 Å². The molecule has 1 fully saturated rings. The van der Waals surface area contributed by atoms with Gasteiger partial charge in [-0.2, -0.15) is 0 Å². The lowest BCUT2D eigenvalue weighted by Crippen LogP contribution is -2.33. The summed E-state index contributed by atoms with van der Waals surface area (Å²) in [6.45, 7) is 3.92. The summed E-state index contributed by atoms with van der Waals surface area (Å²) in [4.78, 5) is 25.1. The first-order valence-electron chi connectivity index (χ1n) is 10.8. The molecule has 0 atom stereocenters. The zero-order chi connectivity index (χ0) is 23.6. The second-order valence-electron chi connectivity index (χ2n) is 8.33. The fraction of sp³-hybridized carbons (Fsp3) is 0.269. The Balaban J connectivity index is 1.54. The second kappa shape index (κ2) is 8.94. The maximum Gasteiger partial charge on any atom is 0.251 e. The van der Waals surface area contributed by atoms with Crippen molar-refractivity contribution in [1.29, 1.82) is 5.41 Å². The zero-order valence-corrected chi connectivity index (χ0v) is 19.0. The minimum Gasteiger partial charge on any atom is -0.454 e. The van der Waals surface area contributed by atoms with Crippen LogP contribution >= 0.6 is 0 Å². The molecule has 2 aliphatic rings. The van der Waals surface area contributed by atoms with Gasteiger partial charge >= 0.3 is 0 Å². The molecule has 3 N–H and O–H groups in total. The van der Waals surface area contributed by atoms with Crippen molar-refractivity contribution < 1.29 is 19.1 Å². The lowest BCUT2D eigenvalue weighted by molar-refractivity contribution is -0.122. The largest absolute Gasteiger partial charge is 0.454 e. The van der Waals surface area contributed by atoms with Crippen molar-refractivity contribution in [2.75, 3.05) is 13.8 Å². The molecule has 1 aliphatic heterocycles. The van der Waals surface area contributed by atoms with Crippen LogP contribution in [0.5, 0.6) is 11.5 Å². The van der Waals surface area contributed by atoms with Crippen molar-refractivity contribution in [3.05, 3.63) is 76.5 Å². The lowest BCUT2D eigenvalue weighted by atomic mass is 9.94. The van der Waals surface area contributed by atoms with Crippen molar-refractivity contribution in [3.63, 3.8) is 0 Å². The molecule has 0 radical (unpaired) electrons. The molecule has 0 aromatic heterocycles. The fourth-order valence-corrected chi connectivity index (χ4v) is 4.10. The van der Waals surface area contributed by atoms with Gasteiger partial charge < -0.3 is 25.5 Å². The fourth-order valence-electron chi connectivity index (χ4n) is 4.10. The van der Waals surface area contributed by atoms with Crippen LogP contribution in [-0.4, -0.2) is 31.9 Å². The van der Waals surface area contributed by atoms with E-state index in [9.17, 15) is 9.59 Å². The summed E-state index contributed by atoms with van der Waals surface area (Å²) in [6.07, 6.45) is 4.66. The predicted molar refractivity (Wildman–Crippen MR) is 127 cm³/mol. The highest BCUT2D eigenvalue weighted by molar-refractivity contribution is 6.11.